The molecule has 1 aromatic heterocycles. The van der Waals surface area contributed by atoms with E-state index >= 15 is 0 Å². The molecule has 2 aliphatic rings. The highest BCUT2D eigenvalue weighted by Crippen LogP contribution is 2.42. The minimum Gasteiger partial charge on any atom is -0.493 e. The maximum atomic E-state index is 12.9. The Labute approximate surface area is 202 Å². The van der Waals surface area contributed by atoms with E-state index in [9.17, 15) is 9.59 Å². The summed E-state index contributed by atoms with van der Waals surface area (Å²) >= 11 is 0. The Kier molecular flexibility index (Phi) is 6.84. The third-order valence-corrected chi connectivity index (χ3v) is 6.89. The first-order valence-corrected chi connectivity index (χ1v) is 12.2. The molecule has 1 heterocycles. The number of hydrogen-bond acceptors (Lipinski definition) is 5. The highest BCUT2D eigenvalue weighted by molar-refractivity contribution is 5.85. The van der Waals surface area contributed by atoms with Crippen molar-refractivity contribution in [2.45, 2.75) is 83.7 Å². The van der Waals surface area contributed by atoms with Crippen LogP contribution in [-0.4, -0.2) is 34.5 Å². The first-order valence-electron chi connectivity index (χ1n) is 12.2. The number of aromatic nitrogens is 2. The van der Waals surface area contributed by atoms with E-state index < -0.39 is 10.8 Å². The molecule has 2 saturated carbocycles. The largest absolute Gasteiger partial charge is 0.493 e. The van der Waals surface area contributed by atoms with Gasteiger partial charge in [-0.25, -0.2) is 4.98 Å². The summed E-state index contributed by atoms with van der Waals surface area (Å²) in [5.41, 5.74) is -0.0501. The molecule has 0 radical (unpaired) electrons. The van der Waals surface area contributed by atoms with Gasteiger partial charge in [-0.2, -0.15) is 0 Å². The molecule has 0 aliphatic heterocycles. The monoisotopic (exact) mass is 462 g/mol. The van der Waals surface area contributed by atoms with Gasteiger partial charge in [0.25, 0.3) is 0 Å². The van der Waals surface area contributed by atoms with E-state index in [0.717, 1.165) is 24.2 Å². The fourth-order valence-electron chi connectivity index (χ4n) is 4.79. The van der Waals surface area contributed by atoms with Crippen LogP contribution >= 0.6 is 0 Å². The van der Waals surface area contributed by atoms with Crippen LogP contribution in [0.15, 0.2) is 30.6 Å². The van der Waals surface area contributed by atoms with Crippen LogP contribution in [0.3, 0.4) is 0 Å². The summed E-state index contributed by atoms with van der Waals surface area (Å²) in [6.45, 7) is 5.64. The van der Waals surface area contributed by atoms with Crippen LogP contribution in [0.4, 0.5) is 0 Å². The predicted molar refractivity (Wildman–Crippen MR) is 130 cm³/mol. The fraction of sp³-hybridized carbons (Fsp3) is 0.536. The van der Waals surface area contributed by atoms with Crippen molar-refractivity contribution in [3.05, 3.63) is 42.0 Å². The summed E-state index contributed by atoms with van der Waals surface area (Å²) in [5, 5.41) is 0. The third-order valence-electron chi connectivity index (χ3n) is 6.89. The molecular formula is C28H34N2O4. The van der Waals surface area contributed by atoms with E-state index in [2.05, 4.69) is 16.8 Å². The van der Waals surface area contributed by atoms with Crippen molar-refractivity contribution in [3.8, 4) is 23.3 Å². The van der Waals surface area contributed by atoms with Crippen LogP contribution in [0.25, 0.3) is 0 Å². The van der Waals surface area contributed by atoms with E-state index in [1.165, 1.54) is 17.4 Å². The highest BCUT2D eigenvalue weighted by atomic mass is 16.5. The Morgan fingerprint density at radius 2 is 1.85 bits per heavy atom. The second-order valence-corrected chi connectivity index (χ2v) is 10.4. The van der Waals surface area contributed by atoms with Crippen molar-refractivity contribution in [3.63, 3.8) is 0 Å². The predicted octanol–water partition coefficient (Wildman–Crippen LogP) is 5.33. The molecule has 34 heavy (non-hydrogen) atoms. The average Bonchev–Trinajstić information content (AvgIpc) is 3.50. The Bertz CT molecular complexity index is 1110. The summed E-state index contributed by atoms with van der Waals surface area (Å²) in [6, 6.07) is 6.00. The Hall–Kier alpha value is -3.07. The molecule has 180 valence electrons. The number of ketones is 1. The maximum Gasteiger partial charge on any atom is 0.238 e. The lowest BCUT2D eigenvalue weighted by molar-refractivity contribution is -0.120. The van der Waals surface area contributed by atoms with Crippen molar-refractivity contribution in [1.29, 1.82) is 0 Å². The molecule has 6 heteroatoms. The second kappa shape index (κ2) is 9.66. The van der Waals surface area contributed by atoms with E-state index in [4.69, 9.17) is 9.47 Å². The molecule has 0 N–H and O–H groups in total. The number of rotatable bonds is 4. The summed E-state index contributed by atoms with van der Waals surface area (Å²) in [5.74, 6) is 8.70. The fourth-order valence-corrected chi connectivity index (χ4v) is 4.79. The van der Waals surface area contributed by atoms with E-state index in [-0.39, 0.29) is 17.8 Å². The summed E-state index contributed by atoms with van der Waals surface area (Å²) in [4.78, 5) is 29.3. The molecule has 0 atom stereocenters. The van der Waals surface area contributed by atoms with Gasteiger partial charge in [0.1, 0.15) is 5.78 Å². The lowest BCUT2D eigenvalue weighted by Crippen LogP contribution is -2.31. The number of nitrogens with zero attached hydrogens (tertiary/aromatic N) is 2. The molecule has 2 aromatic rings. The molecule has 0 spiro atoms. The summed E-state index contributed by atoms with van der Waals surface area (Å²) in [7, 11) is 1.65. The summed E-state index contributed by atoms with van der Waals surface area (Å²) < 4.78 is 13.4. The minimum absolute atomic E-state index is 0.0566. The van der Waals surface area contributed by atoms with Crippen LogP contribution < -0.4 is 9.47 Å². The average molecular weight is 463 g/mol. The topological polar surface area (TPSA) is 70.4 Å². The number of benzene rings is 1. The number of carbonyl (C=O) groups excluding carboxylic acids is 2. The molecule has 2 aliphatic carbocycles. The summed E-state index contributed by atoms with van der Waals surface area (Å²) in [6.07, 6.45) is 10.2. The number of hydrogen-bond donors (Lipinski definition) is 0. The van der Waals surface area contributed by atoms with Gasteiger partial charge in [-0.15, -0.1) is 0 Å². The van der Waals surface area contributed by atoms with E-state index in [0.29, 0.717) is 37.3 Å². The molecule has 4 rings (SSSR count). The zero-order chi connectivity index (χ0) is 24.3. The van der Waals surface area contributed by atoms with Crippen LogP contribution in [0.2, 0.25) is 0 Å². The van der Waals surface area contributed by atoms with Crippen LogP contribution in [0.5, 0.6) is 11.5 Å². The SMILES string of the molecule is COc1ccc(C2(C#Cc3nccn3C(=O)C(C)(C)C)CCC(=O)CC2)cc1OC1CCCC1. The number of ether oxygens (including phenoxy) is 2. The third kappa shape index (κ3) is 5.04. The highest BCUT2D eigenvalue weighted by Gasteiger charge is 2.36. The smallest absolute Gasteiger partial charge is 0.238 e. The van der Waals surface area contributed by atoms with Crippen molar-refractivity contribution in [2.24, 2.45) is 5.41 Å². The van der Waals surface area contributed by atoms with Crippen molar-refractivity contribution in [1.82, 2.24) is 9.55 Å². The molecule has 0 saturated heterocycles. The molecule has 2 fully saturated rings. The molecule has 0 amide bonds. The molecule has 1 aromatic carbocycles. The lowest BCUT2D eigenvalue weighted by atomic mass is 9.69. The number of imidazole rings is 1. The van der Waals surface area contributed by atoms with Gasteiger partial charge in [0.15, 0.2) is 17.3 Å². The molecule has 0 unspecified atom stereocenters. The van der Waals surface area contributed by atoms with Crippen molar-refractivity contribution >= 4 is 11.7 Å². The zero-order valence-corrected chi connectivity index (χ0v) is 20.6. The zero-order valence-electron chi connectivity index (χ0n) is 20.6. The maximum absolute atomic E-state index is 12.9. The number of carbonyl (C=O) groups is 2. The van der Waals surface area contributed by atoms with E-state index in [1.54, 1.807) is 19.5 Å². The van der Waals surface area contributed by atoms with Crippen molar-refractivity contribution in [2.75, 3.05) is 7.11 Å². The molecule has 0 bridgehead atoms. The lowest BCUT2D eigenvalue weighted by Gasteiger charge is -2.33. The normalized spacial score (nSPS) is 18.3. The second-order valence-electron chi connectivity index (χ2n) is 10.4. The molecular weight excluding hydrogens is 428 g/mol. The van der Waals surface area contributed by atoms with Gasteiger partial charge in [-0.3, -0.25) is 14.2 Å². The Morgan fingerprint density at radius 3 is 2.50 bits per heavy atom. The quantitative estimate of drug-likeness (QED) is 0.574. The minimum atomic E-state index is -0.547. The molecule has 6 nitrogen and oxygen atoms in total. The van der Waals surface area contributed by atoms with Gasteiger partial charge in [0, 0.05) is 30.7 Å². The Balaban J connectivity index is 1.72. The Morgan fingerprint density at radius 1 is 1.15 bits per heavy atom. The van der Waals surface area contributed by atoms with Crippen molar-refractivity contribution < 1.29 is 19.1 Å². The number of methoxy groups -OCH3 is 1. The van der Waals surface area contributed by atoms with Crippen LogP contribution in [0, 0.1) is 17.3 Å². The van der Waals surface area contributed by atoms with Gasteiger partial charge in [-0.1, -0.05) is 32.8 Å². The first kappa shape index (κ1) is 24.1. The van der Waals surface area contributed by atoms with Gasteiger partial charge < -0.3 is 9.47 Å². The van der Waals surface area contributed by atoms with Gasteiger partial charge in [-0.05, 0) is 62.1 Å². The van der Waals surface area contributed by atoms with Gasteiger partial charge in [0.2, 0.25) is 5.91 Å². The van der Waals surface area contributed by atoms with Gasteiger partial charge >= 0.3 is 0 Å². The van der Waals surface area contributed by atoms with E-state index in [1.807, 2.05) is 39.0 Å². The first-order chi connectivity index (χ1) is 16.2. The van der Waals surface area contributed by atoms with Gasteiger partial charge in [0.05, 0.1) is 18.6 Å². The van der Waals surface area contributed by atoms with Crippen LogP contribution in [0.1, 0.15) is 88.3 Å². The van der Waals surface area contributed by atoms with Crippen LogP contribution in [-0.2, 0) is 10.2 Å². The standard InChI is InChI=1S/C28H34N2O4/c1-27(2,3)26(32)30-18-17-29-25(30)13-16-28(14-11-21(31)12-15-28)20-9-10-23(33-4)24(19-20)34-22-7-5-6-8-22/h9-10,17-19,22H,5-8,11-12,14-15H2,1-4H3. The number of Topliss-reactive ketones (excluding diaryl/α,β-unsaturated/α-hetero) is 1.